The summed E-state index contributed by atoms with van der Waals surface area (Å²) in [6, 6.07) is 15.7. The van der Waals surface area contributed by atoms with Gasteiger partial charge in [-0.25, -0.2) is 9.78 Å². The second-order valence-electron chi connectivity index (χ2n) is 6.20. The van der Waals surface area contributed by atoms with E-state index < -0.39 is 12.0 Å². The maximum atomic E-state index is 12.3. The zero-order chi connectivity index (χ0) is 19.9. The Kier molecular flexibility index (Phi) is 6.39. The molecule has 0 aliphatic heterocycles. The molecule has 0 radical (unpaired) electrons. The number of carbonyl (C=O) groups is 2. The van der Waals surface area contributed by atoms with E-state index in [1.807, 2.05) is 60.0 Å². The van der Waals surface area contributed by atoms with Gasteiger partial charge in [-0.15, -0.1) is 11.3 Å². The average molecular weight is 396 g/mol. The van der Waals surface area contributed by atoms with E-state index in [0.29, 0.717) is 5.69 Å². The molecular formula is C21H20N2O4S. The first-order valence-corrected chi connectivity index (χ1v) is 9.58. The minimum Gasteiger partial charge on any atom is -0.497 e. The van der Waals surface area contributed by atoms with Gasteiger partial charge in [-0.3, -0.25) is 4.79 Å². The Morgan fingerprint density at radius 2 is 1.86 bits per heavy atom. The summed E-state index contributed by atoms with van der Waals surface area (Å²) in [5, 5.41) is 14.6. The number of carboxylic acid groups (broad SMARTS) is 1. The summed E-state index contributed by atoms with van der Waals surface area (Å²) in [6.07, 6.45) is 0.265. The number of methoxy groups -OCH3 is 1. The van der Waals surface area contributed by atoms with Crippen LogP contribution in [-0.2, 0) is 22.4 Å². The van der Waals surface area contributed by atoms with Crippen molar-refractivity contribution in [3.8, 4) is 16.3 Å². The number of hydrogen-bond acceptors (Lipinski definition) is 5. The van der Waals surface area contributed by atoms with Crippen molar-refractivity contribution in [1.82, 2.24) is 10.3 Å². The quantitative estimate of drug-likeness (QED) is 0.611. The average Bonchev–Trinajstić information content (AvgIpc) is 3.16. The maximum absolute atomic E-state index is 12.3. The smallest absolute Gasteiger partial charge is 0.326 e. The number of aromatic nitrogens is 1. The summed E-state index contributed by atoms with van der Waals surface area (Å²) in [5.41, 5.74) is 2.40. The lowest BCUT2D eigenvalue weighted by Gasteiger charge is -2.14. The SMILES string of the molecule is COc1ccc(-c2nc(CC(=O)N[C@H](Cc3ccccc3)C(=O)O)cs2)cc1. The molecule has 7 heteroatoms. The highest BCUT2D eigenvalue weighted by Gasteiger charge is 2.21. The number of amides is 1. The molecule has 1 amide bonds. The van der Waals surface area contributed by atoms with Crippen molar-refractivity contribution < 1.29 is 19.4 Å². The third-order valence-corrected chi connectivity index (χ3v) is 5.09. The minimum absolute atomic E-state index is 0.0330. The summed E-state index contributed by atoms with van der Waals surface area (Å²) in [7, 11) is 1.61. The minimum atomic E-state index is -1.06. The summed E-state index contributed by atoms with van der Waals surface area (Å²) in [6.45, 7) is 0. The third kappa shape index (κ3) is 5.17. The fourth-order valence-electron chi connectivity index (χ4n) is 2.71. The molecule has 1 heterocycles. The molecular weight excluding hydrogens is 376 g/mol. The Labute approximate surface area is 166 Å². The molecule has 0 spiro atoms. The van der Waals surface area contributed by atoms with Gasteiger partial charge in [0.2, 0.25) is 5.91 Å². The van der Waals surface area contributed by atoms with E-state index in [4.69, 9.17) is 4.74 Å². The number of carbonyl (C=O) groups excluding carboxylic acids is 1. The first-order chi connectivity index (χ1) is 13.5. The van der Waals surface area contributed by atoms with Gasteiger partial charge >= 0.3 is 5.97 Å². The Morgan fingerprint density at radius 1 is 1.14 bits per heavy atom. The predicted octanol–water partition coefficient (Wildman–Crippen LogP) is 3.17. The van der Waals surface area contributed by atoms with Crippen molar-refractivity contribution >= 4 is 23.2 Å². The molecule has 0 aliphatic carbocycles. The number of hydrogen-bond donors (Lipinski definition) is 2. The van der Waals surface area contributed by atoms with Gasteiger partial charge in [0.15, 0.2) is 0 Å². The van der Waals surface area contributed by atoms with Gasteiger partial charge in [-0.2, -0.15) is 0 Å². The fraction of sp³-hybridized carbons (Fsp3) is 0.190. The predicted molar refractivity (Wildman–Crippen MR) is 108 cm³/mol. The molecule has 3 rings (SSSR count). The van der Waals surface area contributed by atoms with Crippen molar-refractivity contribution in [3.63, 3.8) is 0 Å². The molecule has 0 unspecified atom stereocenters. The third-order valence-electron chi connectivity index (χ3n) is 4.15. The van der Waals surface area contributed by atoms with E-state index >= 15 is 0 Å². The molecule has 0 aliphatic rings. The van der Waals surface area contributed by atoms with Gasteiger partial charge < -0.3 is 15.2 Å². The Hall–Kier alpha value is -3.19. The van der Waals surface area contributed by atoms with Crippen LogP contribution in [0, 0.1) is 0 Å². The van der Waals surface area contributed by atoms with Gasteiger partial charge in [-0.05, 0) is 29.8 Å². The fourth-order valence-corrected chi connectivity index (χ4v) is 3.54. The van der Waals surface area contributed by atoms with Crippen LogP contribution in [0.3, 0.4) is 0 Å². The van der Waals surface area contributed by atoms with Gasteiger partial charge in [0, 0.05) is 17.4 Å². The van der Waals surface area contributed by atoms with E-state index in [9.17, 15) is 14.7 Å². The Morgan fingerprint density at radius 3 is 2.50 bits per heavy atom. The van der Waals surface area contributed by atoms with Gasteiger partial charge in [0.05, 0.1) is 19.2 Å². The first kappa shape index (κ1) is 19.6. The van der Waals surface area contributed by atoms with E-state index in [0.717, 1.165) is 21.9 Å². The van der Waals surface area contributed by atoms with Crippen LogP contribution in [0.5, 0.6) is 5.75 Å². The number of nitrogens with zero attached hydrogens (tertiary/aromatic N) is 1. The van der Waals surface area contributed by atoms with Crippen LogP contribution in [-0.4, -0.2) is 35.1 Å². The number of rotatable bonds is 8. The number of aliphatic carboxylic acids is 1. The Balaban J connectivity index is 1.62. The summed E-state index contributed by atoms with van der Waals surface area (Å²) < 4.78 is 5.14. The van der Waals surface area contributed by atoms with Crippen molar-refractivity contribution in [2.24, 2.45) is 0 Å². The second kappa shape index (κ2) is 9.14. The van der Waals surface area contributed by atoms with Crippen LogP contribution in [0.4, 0.5) is 0 Å². The monoisotopic (exact) mass is 396 g/mol. The van der Waals surface area contributed by atoms with E-state index in [1.165, 1.54) is 11.3 Å². The summed E-state index contributed by atoms with van der Waals surface area (Å²) >= 11 is 1.44. The highest BCUT2D eigenvalue weighted by Crippen LogP contribution is 2.25. The molecule has 6 nitrogen and oxygen atoms in total. The molecule has 0 fully saturated rings. The van der Waals surface area contributed by atoms with E-state index in [1.54, 1.807) is 7.11 Å². The van der Waals surface area contributed by atoms with Crippen LogP contribution in [0.15, 0.2) is 60.0 Å². The number of nitrogens with one attached hydrogen (secondary N) is 1. The molecule has 0 saturated carbocycles. The van der Waals surface area contributed by atoms with E-state index in [2.05, 4.69) is 10.3 Å². The highest BCUT2D eigenvalue weighted by molar-refractivity contribution is 7.13. The number of benzene rings is 2. The van der Waals surface area contributed by atoms with Crippen LogP contribution < -0.4 is 10.1 Å². The van der Waals surface area contributed by atoms with Crippen molar-refractivity contribution in [3.05, 3.63) is 71.2 Å². The second-order valence-corrected chi connectivity index (χ2v) is 7.06. The highest BCUT2D eigenvalue weighted by atomic mass is 32.1. The summed E-state index contributed by atoms with van der Waals surface area (Å²) in [5.74, 6) is -0.664. The lowest BCUT2D eigenvalue weighted by molar-refractivity contribution is -0.141. The van der Waals surface area contributed by atoms with Gasteiger partial charge in [-0.1, -0.05) is 30.3 Å². The maximum Gasteiger partial charge on any atom is 0.326 e. The lowest BCUT2D eigenvalue weighted by Crippen LogP contribution is -2.43. The van der Waals surface area contributed by atoms with Crippen LogP contribution in [0.1, 0.15) is 11.3 Å². The van der Waals surface area contributed by atoms with Gasteiger partial charge in [0.25, 0.3) is 0 Å². The molecule has 144 valence electrons. The zero-order valence-electron chi connectivity index (χ0n) is 15.3. The molecule has 1 aromatic heterocycles. The molecule has 1 atom stereocenters. The topological polar surface area (TPSA) is 88.5 Å². The first-order valence-electron chi connectivity index (χ1n) is 8.70. The van der Waals surface area contributed by atoms with Crippen molar-refractivity contribution in [1.29, 1.82) is 0 Å². The molecule has 28 heavy (non-hydrogen) atoms. The molecule has 2 aromatic carbocycles. The summed E-state index contributed by atoms with van der Waals surface area (Å²) in [4.78, 5) is 28.3. The molecule has 2 N–H and O–H groups in total. The van der Waals surface area contributed by atoms with Crippen LogP contribution in [0.2, 0.25) is 0 Å². The largest absolute Gasteiger partial charge is 0.497 e. The molecule has 0 saturated heterocycles. The zero-order valence-corrected chi connectivity index (χ0v) is 16.1. The Bertz CT molecular complexity index is 939. The molecule has 3 aromatic rings. The normalized spacial score (nSPS) is 11.6. The molecule has 0 bridgehead atoms. The van der Waals surface area contributed by atoms with Gasteiger partial charge in [0.1, 0.15) is 16.8 Å². The van der Waals surface area contributed by atoms with Crippen LogP contribution in [0.25, 0.3) is 10.6 Å². The van der Waals surface area contributed by atoms with Crippen molar-refractivity contribution in [2.75, 3.05) is 7.11 Å². The number of thiazole rings is 1. The van der Waals surface area contributed by atoms with E-state index in [-0.39, 0.29) is 18.7 Å². The van der Waals surface area contributed by atoms with Crippen molar-refractivity contribution in [2.45, 2.75) is 18.9 Å². The van der Waals surface area contributed by atoms with Crippen LogP contribution >= 0.6 is 11.3 Å². The number of ether oxygens (including phenoxy) is 1. The number of carboxylic acids is 1. The lowest BCUT2D eigenvalue weighted by atomic mass is 10.1. The standard InChI is InChI=1S/C21H20N2O4S/c1-27-17-9-7-15(8-10-17)20-22-16(13-28-20)12-19(24)23-18(21(25)26)11-14-5-3-2-4-6-14/h2-10,13,18H,11-12H2,1H3,(H,23,24)(H,25,26)/t18-/m1/s1.